The van der Waals surface area contributed by atoms with Gasteiger partial charge in [0.25, 0.3) is 0 Å². The molecule has 3 aromatic rings. The minimum Gasteiger partial charge on any atom is -0.477 e. The fraction of sp³-hybridized carbons (Fsp3) is 0.568. The van der Waals surface area contributed by atoms with Gasteiger partial charge in [-0.25, -0.2) is 4.68 Å². The summed E-state index contributed by atoms with van der Waals surface area (Å²) in [6, 6.07) is 13.3. The number of fused-ring (bicyclic) bond motifs is 1. The van der Waals surface area contributed by atoms with Gasteiger partial charge in [0, 0.05) is 82.0 Å². The molecule has 2 unspecified atom stereocenters. The van der Waals surface area contributed by atoms with Crippen molar-refractivity contribution in [2.75, 3.05) is 69.2 Å². The van der Waals surface area contributed by atoms with Crippen LogP contribution in [0.5, 0.6) is 5.88 Å². The maximum absolute atomic E-state index is 12.7. The van der Waals surface area contributed by atoms with Crippen LogP contribution in [-0.4, -0.2) is 95.7 Å². The highest BCUT2D eigenvalue weighted by Gasteiger charge is 2.27. The second-order valence-electron chi connectivity index (χ2n) is 13.6. The topological polar surface area (TPSA) is 95.8 Å². The largest absolute Gasteiger partial charge is 0.477 e. The molecule has 0 spiro atoms. The molecule has 0 bridgehead atoms. The maximum atomic E-state index is 12.7. The molecule has 252 valence electrons. The molecule has 1 aromatic carbocycles. The molecular weight excluding hydrogens is 590 g/mol. The number of nitrogens with zero attached hydrogens (tertiary/aromatic N) is 6. The summed E-state index contributed by atoms with van der Waals surface area (Å²) in [7, 11) is 0. The molecule has 10 heteroatoms. The van der Waals surface area contributed by atoms with Crippen LogP contribution in [0, 0.1) is 19.8 Å². The van der Waals surface area contributed by atoms with Gasteiger partial charge in [0.2, 0.25) is 11.8 Å². The van der Waals surface area contributed by atoms with Crippen LogP contribution in [0.15, 0.2) is 36.4 Å². The molecule has 47 heavy (non-hydrogen) atoms. The Bertz CT molecular complexity index is 1530. The molecule has 2 aromatic heterocycles. The van der Waals surface area contributed by atoms with E-state index < -0.39 is 0 Å². The van der Waals surface area contributed by atoms with Crippen molar-refractivity contribution in [2.45, 2.75) is 71.6 Å². The van der Waals surface area contributed by atoms with Crippen LogP contribution in [-0.2, 0) is 16.0 Å². The van der Waals surface area contributed by atoms with Crippen LogP contribution in [0.25, 0.3) is 5.69 Å². The lowest BCUT2D eigenvalue weighted by Gasteiger charge is -2.37. The van der Waals surface area contributed by atoms with E-state index in [4.69, 9.17) is 14.8 Å². The fourth-order valence-electron chi connectivity index (χ4n) is 7.35. The Morgan fingerprint density at radius 1 is 1.09 bits per heavy atom. The number of aromatic nitrogens is 3. The van der Waals surface area contributed by atoms with E-state index in [0.29, 0.717) is 50.8 Å². The van der Waals surface area contributed by atoms with Gasteiger partial charge in [-0.2, -0.15) is 10.1 Å². The summed E-state index contributed by atoms with van der Waals surface area (Å²) in [5.41, 5.74) is 7.03. The normalized spacial score (nSPS) is 18.9. The van der Waals surface area contributed by atoms with E-state index in [1.54, 1.807) is 0 Å². The maximum Gasteiger partial charge on any atom is 0.222 e. The number of benzene rings is 1. The molecule has 2 saturated heterocycles. The molecule has 6 rings (SSSR count). The Morgan fingerprint density at radius 3 is 2.68 bits per heavy atom. The number of piperazine rings is 1. The van der Waals surface area contributed by atoms with Gasteiger partial charge in [-0.15, -0.1) is 0 Å². The van der Waals surface area contributed by atoms with E-state index in [2.05, 4.69) is 64.0 Å². The first kappa shape index (κ1) is 33.0. The summed E-state index contributed by atoms with van der Waals surface area (Å²) < 4.78 is 8.26. The third kappa shape index (κ3) is 8.15. The van der Waals surface area contributed by atoms with E-state index in [-0.39, 0.29) is 5.91 Å². The number of anilines is 2. The van der Waals surface area contributed by atoms with E-state index in [1.165, 1.54) is 16.8 Å². The van der Waals surface area contributed by atoms with Crippen molar-refractivity contribution in [3.05, 3.63) is 58.9 Å². The van der Waals surface area contributed by atoms with E-state index in [0.717, 1.165) is 100 Å². The summed E-state index contributed by atoms with van der Waals surface area (Å²) in [6.45, 7) is 14.2. The number of carbonyl (C=O) groups is 2. The first-order valence-corrected chi connectivity index (χ1v) is 17.6. The number of ether oxygens (including phenoxy) is 1. The minimum absolute atomic E-state index is 0.153. The number of carbonyl (C=O) groups excluding carboxylic acids is 2. The number of hydrogen-bond donors (Lipinski definition) is 1. The van der Waals surface area contributed by atoms with Gasteiger partial charge >= 0.3 is 0 Å². The Balaban J connectivity index is 1.12. The van der Waals surface area contributed by atoms with Crippen molar-refractivity contribution in [2.24, 2.45) is 5.92 Å². The number of likely N-dealkylation sites (tertiary alicyclic amines) is 1. The molecule has 0 radical (unpaired) electrons. The van der Waals surface area contributed by atoms with Crippen molar-refractivity contribution in [3.63, 3.8) is 0 Å². The fourth-order valence-corrected chi connectivity index (χ4v) is 7.35. The molecule has 0 aliphatic carbocycles. The van der Waals surface area contributed by atoms with Gasteiger partial charge in [-0.1, -0.05) is 6.92 Å². The lowest BCUT2D eigenvalue weighted by Crippen LogP contribution is -2.48. The first-order chi connectivity index (χ1) is 22.9. The van der Waals surface area contributed by atoms with Gasteiger partial charge < -0.3 is 29.5 Å². The highest BCUT2D eigenvalue weighted by atomic mass is 16.5. The number of hydrogen-bond acceptors (Lipinski definition) is 8. The van der Waals surface area contributed by atoms with Gasteiger partial charge in [-0.05, 0) is 99.9 Å². The standard InChI is InChI=1S/C37H51N7O3/c1-4-30(25-41-14-12-29(24-41)26-47-35-11-10-31-8-7-13-38-37(31)39-35)32-21-33(23-34(22-32)44-28(3)20-27(2)40-44)42-15-17-43(18-16-42)36(46)9-5-6-19-45/h10-11,19-23,29-30H,4-9,12-18,24-26H2,1-3H3,(H,38,39). The molecule has 1 N–H and O–H groups in total. The average Bonchev–Trinajstić information content (AvgIpc) is 3.70. The highest BCUT2D eigenvalue weighted by molar-refractivity contribution is 5.76. The van der Waals surface area contributed by atoms with Gasteiger partial charge in [0.05, 0.1) is 18.0 Å². The van der Waals surface area contributed by atoms with Crippen LogP contribution < -0.4 is 15.0 Å². The Labute approximate surface area is 279 Å². The second kappa shape index (κ2) is 15.3. The quantitative estimate of drug-likeness (QED) is 0.202. The number of amides is 1. The number of rotatable bonds is 13. The molecule has 1 amide bonds. The zero-order valence-electron chi connectivity index (χ0n) is 28.4. The van der Waals surface area contributed by atoms with Gasteiger partial charge in [0.1, 0.15) is 12.1 Å². The lowest BCUT2D eigenvalue weighted by atomic mass is 9.94. The predicted octanol–water partition coefficient (Wildman–Crippen LogP) is 5.15. The first-order valence-electron chi connectivity index (χ1n) is 17.6. The van der Waals surface area contributed by atoms with E-state index in [1.807, 2.05) is 17.9 Å². The van der Waals surface area contributed by atoms with Crippen LogP contribution in [0.1, 0.15) is 73.9 Å². The van der Waals surface area contributed by atoms with E-state index in [9.17, 15) is 9.59 Å². The Kier molecular flexibility index (Phi) is 10.8. The zero-order chi connectivity index (χ0) is 32.8. The zero-order valence-corrected chi connectivity index (χ0v) is 28.4. The average molecular weight is 642 g/mol. The smallest absolute Gasteiger partial charge is 0.222 e. The minimum atomic E-state index is 0.153. The SMILES string of the molecule is CCC(CN1CCC(COc2ccc3c(n2)NCCC3)C1)c1cc(N2CCN(C(=O)CCCC=O)CC2)cc(-n2nc(C)cc2C)c1. The number of nitrogens with one attached hydrogen (secondary N) is 1. The number of pyridine rings is 1. The van der Waals surface area contributed by atoms with Gasteiger partial charge in [0.15, 0.2) is 0 Å². The molecule has 5 heterocycles. The van der Waals surface area contributed by atoms with Crippen LogP contribution in [0.3, 0.4) is 0 Å². The molecule has 3 aliphatic rings. The lowest BCUT2D eigenvalue weighted by molar-refractivity contribution is -0.131. The molecule has 0 saturated carbocycles. The number of aldehydes is 1. The monoisotopic (exact) mass is 641 g/mol. The van der Waals surface area contributed by atoms with Gasteiger partial charge in [-0.3, -0.25) is 4.79 Å². The second-order valence-corrected chi connectivity index (χ2v) is 13.6. The summed E-state index contributed by atoms with van der Waals surface area (Å²) in [5.74, 6) is 2.74. The van der Waals surface area contributed by atoms with Crippen molar-refractivity contribution in [1.82, 2.24) is 24.6 Å². The van der Waals surface area contributed by atoms with Crippen LogP contribution in [0.4, 0.5) is 11.5 Å². The summed E-state index contributed by atoms with van der Waals surface area (Å²) in [5, 5.41) is 8.24. The molecule has 2 atom stereocenters. The summed E-state index contributed by atoms with van der Waals surface area (Å²) >= 11 is 0. The molecule has 3 aliphatic heterocycles. The third-order valence-electron chi connectivity index (χ3n) is 10.0. The van der Waals surface area contributed by atoms with Crippen molar-refractivity contribution in [3.8, 4) is 11.6 Å². The van der Waals surface area contributed by atoms with Crippen molar-refractivity contribution < 1.29 is 14.3 Å². The number of aryl methyl sites for hydroxylation is 3. The number of unbranched alkanes of at least 4 members (excludes halogenated alkanes) is 1. The Hall–Kier alpha value is -3.92. The summed E-state index contributed by atoms with van der Waals surface area (Å²) in [6.07, 6.45) is 6.84. The predicted molar refractivity (Wildman–Crippen MR) is 186 cm³/mol. The Morgan fingerprint density at radius 2 is 1.91 bits per heavy atom. The van der Waals surface area contributed by atoms with Crippen LogP contribution in [0.2, 0.25) is 0 Å². The molecule has 10 nitrogen and oxygen atoms in total. The van der Waals surface area contributed by atoms with Crippen molar-refractivity contribution >= 4 is 23.7 Å². The summed E-state index contributed by atoms with van der Waals surface area (Å²) in [4.78, 5) is 35.1. The highest BCUT2D eigenvalue weighted by Crippen LogP contribution is 2.32. The van der Waals surface area contributed by atoms with Crippen LogP contribution >= 0.6 is 0 Å². The molecule has 2 fully saturated rings. The molecular formula is C37H51N7O3. The van der Waals surface area contributed by atoms with E-state index >= 15 is 0 Å². The third-order valence-corrected chi connectivity index (χ3v) is 10.0. The van der Waals surface area contributed by atoms with Crippen molar-refractivity contribution in [1.29, 1.82) is 0 Å².